The Hall–Kier alpha value is -3.82. The van der Waals surface area contributed by atoms with Gasteiger partial charge in [0.05, 0.1) is 44.3 Å². The number of aryl methyl sites for hydroxylation is 1. The summed E-state index contributed by atoms with van der Waals surface area (Å²) in [4.78, 5) is 13.6. The van der Waals surface area contributed by atoms with Crippen molar-refractivity contribution in [3.63, 3.8) is 0 Å². The maximum Gasteiger partial charge on any atom is 0.203 e. The zero-order valence-corrected chi connectivity index (χ0v) is 20.5. The van der Waals surface area contributed by atoms with Crippen LogP contribution in [0.15, 0.2) is 31.0 Å². The van der Waals surface area contributed by atoms with E-state index >= 15 is 0 Å². The van der Waals surface area contributed by atoms with Crippen molar-refractivity contribution in [2.24, 2.45) is 0 Å². The maximum atomic E-state index is 5.48. The second kappa shape index (κ2) is 9.98. The van der Waals surface area contributed by atoms with Gasteiger partial charge < -0.3 is 24.1 Å². The molecule has 10 nitrogen and oxygen atoms in total. The van der Waals surface area contributed by atoms with E-state index in [0.29, 0.717) is 28.9 Å². The van der Waals surface area contributed by atoms with Crippen molar-refractivity contribution < 1.29 is 14.2 Å². The molecule has 0 fully saturated rings. The number of aromatic nitrogens is 6. The van der Waals surface area contributed by atoms with Crippen LogP contribution in [0.25, 0.3) is 16.7 Å². The second-order valence-corrected chi connectivity index (χ2v) is 8.18. The van der Waals surface area contributed by atoms with Gasteiger partial charge in [-0.2, -0.15) is 5.10 Å². The predicted molar refractivity (Wildman–Crippen MR) is 131 cm³/mol. The zero-order valence-electron chi connectivity index (χ0n) is 20.5. The fraction of sp³-hybridized carbons (Fsp3) is 0.417. The largest absolute Gasteiger partial charge is 0.493 e. The van der Waals surface area contributed by atoms with Crippen molar-refractivity contribution in [3.8, 4) is 22.9 Å². The maximum absolute atomic E-state index is 5.48. The van der Waals surface area contributed by atoms with E-state index < -0.39 is 0 Å². The van der Waals surface area contributed by atoms with Gasteiger partial charge in [-0.3, -0.25) is 0 Å². The van der Waals surface area contributed by atoms with Gasteiger partial charge in [-0.25, -0.2) is 19.6 Å². The van der Waals surface area contributed by atoms with E-state index in [9.17, 15) is 0 Å². The van der Waals surface area contributed by atoms with Crippen molar-refractivity contribution in [3.05, 3.63) is 36.7 Å². The van der Waals surface area contributed by atoms with Crippen LogP contribution in [-0.2, 0) is 6.42 Å². The summed E-state index contributed by atoms with van der Waals surface area (Å²) >= 11 is 0. The lowest BCUT2D eigenvalue weighted by molar-refractivity contribution is 0.324. The average Bonchev–Trinajstić information content (AvgIpc) is 3.47. The van der Waals surface area contributed by atoms with Gasteiger partial charge in [0.25, 0.3) is 0 Å². The standard InChI is InChI=1S/C24H31N7O3/c1-7-8-9-17-21-23(25-13-26-24(21)31(29-17)15(2)3)28-20-12-30(14-27-20)16-10-18(32-4)22(34-6)19(11-16)33-5/h10-15H,7-9H2,1-6H3,(H,25,26,28). The van der Waals surface area contributed by atoms with Crippen LogP contribution in [0.2, 0.25) is 0 Å². The number of ether oxygens (including phenoxy) is 3. The van der Waals surface area contributed by atoms with E-state index in [1.54, 1.807) is 34.0 Å². The summed E-state index contributed by atoms with van der Waals surface area (Å²) in [6.07, 6.45) is 8.17. The minimum Gasteiger partial charge on any atom is -0.493 e. The van der Waals surface area contributed by atoms with Crippen LogP contribution < -0.4 is 19.5 Å². The first kappa shape index (κ1) is 23.3. The monoisotopic (exact) mass is 465 g/mol. The number of benzene rings is 1. The van der Waals surface area contributed by atoms with E-state index in [4.69, 9.17) is 19.3 Å². The number of hydrogen-bond donors (Lipinski definition) is 1. The molecule has 0 aliphatic carbocycles. The van der Waals surface area contributed by atoms with E-state index in [-0.39, 0.29) is 6.04 Å². The average molecular weight is 466 g/mol. The third-order valence-electron chi connectivity index (χ3n) is 5.59. The van der Waals surface area contributed by atoms with Crippen LogP contribution in [0.3, 0.4) is 0 Å². The van der Waals surface area contributed by atoms with Gasteiger partial charge in [0, 0.05) is 18.2 Å². The van der Waals surface area contributed by atoms with Crippen molar-refractivity contribution >= 4 is 22.7 Å². The molecule has 4 aromatic rings. The molecular weight excluding hydrogens is 434 g/mol. The van der Waals surface area contributed by atoms with Gasteiger partial charge >= 0.3 is 0 Å². The Kier molecular flexibility index (Phi) is 6.85. The molecule has 0 atom stereocenters. The molecule has 34 heavy (non-hydrogen) atoms. The van der Waals surface area contributed by atoms with Crippen LogP contribution in [-0.4, -0.2) is 50.6 Å². The lowest BCUT2D eigenvalue weighted by atomic mass is 10.1. The summed E-state index contributed by atoms with van der Waals surface area (Å²) < 4.78 is 20.2. The Morgan fingerprint density at radius 3 is 2.35 bits per heavy atom. The molecule has 0 spiro atoms. The molecule has 0 radical (unpaired) electrons. The first-order valence-electron chi connectivity index (χ1n) is 11.3. The van der Waals surface area contributed by atoms with Gasteiger partial charge in [-0.15, -0.1) is 0 Å². The normalized spacial score (nSPS) is 11.3. The molecule has 3 heterocycles. The molecule has 4 rings (SSSR count). The summed E-state index contributed by atoms with van der Waals surface area (Å²) in [5.74, 6) is 3.02. The molecule has 10 heteroatoms. The number of rotatable bonds is 10. The van der Waals surface area contributed by atoms with E-state index in [1.807, 2.05) is 27.6 Å². The summed E-state index contributed by atoms with van der Waals surface area (Å²) in [6.45, 7) is 6.38. The topological polar surface area (TPSA) is 101 Å². The summed E-state index contributed by atoms with van der Waals surface area (Å²) in [5.41, 5.74) is 2.64. The molecule has 0 saturated heterocycles. The van der Waals surface area contributed by atoms with Crippen molar-refractivity contribution in [1.29, 1.82) is 0 Å². The Balaban J connectivity index is 1.71. The van der Waals surface area contributed by atoms with Crippen LogP contribution in [0.4, 0.5) is 11.6 Å². The number of methoxy groups -OCH3 is 3. The zero-order chi connectivity index (χ0) is 24.2. The first-order valence-corrected chi connectivity index (χ1v) is 11.3. The van der Waals surface area contributed by atoms with Crippen molar-refractivity contribution in [1.82, 2.24) is 29.3 Å². The quantitative estimate of drug-likeness (QED) is 0.359. The fourth-order valence-corrected chi connectivity index (χ4v) is 3.88. The lowest BCUT2D eigenvalue weighted by Crippen LogP contribution is -2.04. The third-order valence-corrected chi connectivity index (χ3v) is 5.59. The fourth-order valence-electron chi connectivity index (χ4n) is 3.88. The van der Waals surface area contributed by atoms with Crippen molar-refractivity contribution in [2.75, 3.05) is 26.6 Å². The number of unbranched alkanes of at least 4 members (excludes halogenated alkanes) is 1. The first-order chi connectivity index (χ1) is 16.5. The Morgan fingerprint density at radius 2 is 1.74 bits per heavy atom. The Morgan fingerprint density at radius 1 is 1.00 bits per heavy atom. The highest BCUT2D eigenvalue weighted by Crippen LogP contribution is 2.39. The van der Waals surface area contributed by atoms with Gasteiger partial charge in [0.2, 0.25) is 5.75 Å². The van der Waals surface area contributed by atoms with E-state index in [2.05, 4.69) is 41.0 Å². The highest BCUT2D eigenvalue weighted by Gasteiger charge is 2.19. The van der Waals surface area contributed by atoms with Crippen LogP contribution in [0.5, 0.6) is 17.2 Å². The van der Waals surface area contributed by atoms with E-state index in [0.717, 1.165) is 41.7 Å². The molecule has 180 valence electrons. The van der Waals surface area contributed by atoms with E-state index in [1.165, 1.54) is 0 Å². The number of nitrogens with zero attached hydrogens (tertiary/aromatic N) is 6. The molecular formula is C24H31N7O3. The SMILES string of the molecule is CCCCc1nn(C(C)C)c2ncnc(Nc3cn(-c4cc(OC)c(OC)c(OC)c4)cn3)c12. The number of imidazole rings is 1. The number of anilines is 2. The van der Waals surface area contributed by atoms with Gasteiger partial charge in [0.15, 0.2) is 17.1 Å². The molecule has 1 aromatic carbocycles. The molecule has 1 N–H and O–H groups in total. The highest BCUT2D eigenvalue weighted by molar-refractivity contribution is 5.90. The summed E-state index contributed by atoms with van der Waals surface area (Å²) in [5, 5.41) is 9.14. The van der Waals surface area contributed by atoms with Crippen molar-refractivity contribution in [2.45, 2.75) is 46.1 Å². The molecule has 0 aliphatic heterocycles. The third kappa shape index (κ3) is 4.35. The molecule has 0 bridgehead atoms. The minimum atomic E-state index is 0.194. The number of hydrogen-bond acceptors (Lipinski definition) is 8. The van der Waals surface area contributed by atoms with Crippen LogP contribution >= 0.6 is 0 Å². The minimum absolute atomic E-state index is 0.194. The van der Waals surface area contributed by atoms with Crippen LogP contribution in [0, 0.1) is 0 Å². The number of nitrogens with one attached hydrogen (secondary N) is 1. The van der Waals surface area contributed by atoms with Gasteiger partial charge in [0.1, 0.15) is 24.3 Å². The second-order valence-electron chi connectivity index (χ2n) is 8.18. The molecule has 0 unspecified atom stereocenters. The molecule has 3 aromatic heterocycles. The van der Waals surface area contributed by atoms with Gasteiger partial charge in [-0.1, -0.05) is 13.3 Å². The van der Waals surface area contributed by atoms with Crippen LogP contribution in [0.1, 0.15) is 45.3 Å². The Labute approximate surface area is 198 Å². The summed E-state index contributed by atoms with van der Waals surface area (Å²) in [6, 6.07) is 3.93. The molecule has 0 amide bonds. The predicted octanol–water partition coefficient (Wildman–Crippen LogP) is 4.70. The molecule has 0 aliphatic rings. The van der Waals surface area contributed by atoms with Gasteiger partial charge in [-0.05, 0) is 26.7 Å². The number of fused-ring (bicyclic) bond motifs is 1. The lowest BCUT2D eigenvalue weighted by Gasteiger charge is -2.14. The highest BCUT2D eigenvalue weighted by atomic mass is 16.5. The Bertz CT molecular complexity index is 1250. The molecule has 0 saturated carbocycles. The summed E-state index contributed by atoms with van der Waals surface area (Å²) in [7, 11) is 4.77. The smallest absolute Gasteiger partial charge is 0.203 e.